The summed E-state index contributed by atoms with van der Waals surface area (Å²) >= 11 is 0. The number of aryl methyl sites for hydroxylation is 2. The highest BCUT2D eigenvalue weighted by Crippen LogP contribution is 2.22. The van der Waals surface area contributed by atoms with Crippen LogP contribution in [0.25, 0.3) is 0 Å². The van der Waals surface area contributed by atoms with E-state index >= 15 is 0 Å². The highest BCUT2D eigenvalue weighted by atomic mass is 16.6. The van der Waals surface area contributed by atoms with E-state index in [9.17, 15) is 19.7 Å². The summed E-state index contributed by atoms with van der Waals surface area (Å²) in [5, 5.41) is 21.6. The number of aromatic nitrogens is 4. The molecular weight excluding hydrogens is 358 g/mol. The molecule has 2 aromatic rings. The van der Waals surface area contributed by atoms with Crippen LogP contribution < -0.4 is 5.32 Å². The minimum Gasteiger partial charge on any atom is -0.378 e. The van der Waals surface area contributed by atoms with Gasteiger partial charge >= 0.3 is 5.69 Å². The highest BCUT2D eigenvalue weighted by Gasteiger charge is 2.29. The van der Waals surface area contributed by atoms with E-state index in [1.54, 1.807) is 4.90 Å². The smallest absolute Gasteiger partial charge is 0.320 e. The first-order valence-corrected chi connectivity index (χ1v) is 8.34. The van der Waals surface area contributed by atoms with Gasteiger partial charge < -0.3 is 15.0 Å². The minimum atomic E-state index is -0.783. The zero-order valence-electron chi connectivity index (χ0n) is 14.9. The Morgan fingerprint density at radius 2 is 2.07 bits per heavy atom. The van der Waals surface area contributed by atoms with Crippen LogP contribution in [-0.4, -0.2) is 67.5 Å². The molecule has 2 amide bonds. The molecule has 0 aliphatic carbocycles. The highest BCUT2D eigenvalue weighted by molar-refractivity contribution is 6.09. The summed E-state index contributed by atoms with van der Waals surface area (Å²) in [6.45, 7) is 3.99. The topological polar surface area (TPSA) is 137 Å². The summed E-state index contributed by atoms with van der Waals surface area (Å²) in [5.74, 6) is -1.07. The van der Waals surface area contributed by atoms with Crippen molar-refractivity contribution in [1.29, 1.82) is 0 Å². The first-order valence-electron chi connectivity index (χ1n) is 8.34. The number of carbonyl (C=O) groups excluding carboxylic acids is 2. The predicted octanol–water partition coefficient (Wildman–Crippen LogP) is 0.269. The molecule has 0 aromatic carbocycles. The Morgan fingerprint density at radius 3 is 2.70 bits per heavy atom. The molecule has 0 saturated carbocycles. The molecule has 0 atom stereocenters. The van der Waals surface area contributed by atoms with Gasteiger partial charge in [0.15, 0.2) is 0 Å². The third-order valence-corrected chi connectivity index (χ3v) is 4.11. The van der Waals surface area contributed by atoms with Crippen molar-refractivity contribution in [2.45, 2.75) is 13.5 Å². The van der Waals surface area contributed by atoms with Crippen LogP contribution in [-0.2, 0) is 18.3 Å². The standard InChI is InChI=1S/C15H19N7O5/c1-3-21-13(15(24)20-4-6-27-7-5-20)10(8-16-21)17-14(23)12-11(22(25)26)9-19(2)18-12/h8-9H,3-7H2,1-2H3,(H,17,23). The van der Waals surface area contributed by atoms with Gasteiger partial charge in [-0.15, -0.1) is 0 Å². The number of hydrogen-bond donors (Lipinski definition) is 1. The second-order valence-electron chi connectivity index (χ2n) is 5.88. The molecule has 1 N–H and O–H groups in total. The van der Waals surface area contributed by atoms with E-state index in [1.807, 2.05) is 6.92 Å². The summed E-state index contributed by atoms with van der Waals surface area (Å²) in [5.41, 5.74) is -0.361. The van der Waals surface area contributed by atoms with Gasteiger partial charge in [0, 0.05) is 26.7 Å². The Bertz CT molecular complexity index is 881. The largest absolute Gasteiger partial charge is 0.378 e. The van der Waals surface area contributed by atoms with Crippen molar-refractivity contribution in [3.05, 3.63) is 33.9 Å². The number of morpholine rings is 1. The number of amides is 2. The van der Waals surface area contributed by atoms with Gasteiger partial charge in [0.1, 0.15) is 11.9 Å². The molecule has 1 aliphatic heterocycles. The van der Waals surface area contributed by atoms with E-state index in [-0.39, 0.29) is 23.0 Å². The van der Waals surface area contributed by atoms with Crippen LogP contribution in [0.3, 0.4) is 0 Å². The third-order valence-electron chi connectivity index (χ3n) is 4.11. The summed E-state index contributed by atoms with van der Waals surface area (Å²) in [6.07, 6.45) is 2.49. The van der Waals surface area contributed by atoms with Crippen LogP contribution in [0.1, 0.15) is 27.9 Å². The number of carbonyl (C=O) groups is 2. The van der Waals surface area contributed by atoms with E-state index in [1.165, 1.54) is 22.6 Å². The average Bonchev–Trinajstić information content (AvgIpc) is 3.25. The molecule has 0 spiro atoms. The van der Waals surface area contributed by atoms with Crippen LogP contribution in [0.15, 0.2) is 12.4 Å². The summed E-state index contributed by atoms with van der Waals surface area (Å²) in [6, 6.07) is 0. The van der Waals surface area contributed by atoms with Gasteiger partial charge in [-0.25, -0.2) is 0 Å². The molecule has 3 rings (SSSR count). The summed E-state index contributed by atoms with van der Waals surface area (Å²) < 4.78 is 7.91. The van der Waals surface area contributed by atoms with Gasteiger partial charge in [0.2, 0.25) is 5.69 Å². The zero-order valence-corrected chi connectivity index (χ0v) is 14.9. The molecule has 1 fully saturated rings. The molecule has 0 radical (unpaired) electrons. The van der Waals surface area contributed by atoms with E-state index < -0.39 is 16.5 Å². The molecule has 2 aromatic heterocycles. The first kappa shape index (κ1) is 18.5. The first-order chi connectivity index (χ1) is 12.9. The Balaban J connectivity index is 1.89. The Morgan fingerprint density at radius 1 is 1.37 bits per heavy atom. The van der Waals surface area contributed by atoms with Gasteiger partial charge in [0.05, 0.1) is 30.0 Å². The van der Waals surface area contributed by atoms with Gasteiger partial charge in [-0.1, -0.05) is 0 Å². The molecule has 12 nitrogen and oxygen atoms in total. The molecular formula is C15H19N7O5. The number of nitro groups is 1. The van der Waals surface area contributed by atoms with Gasteiger partial charge in [0.25, 0.3) is 11.8 Å². The fraction of sp³-hybridized carbons (Fsp3) is 0.467. The van der Waals surface area contributed by atoms with Crippen LogP contribution in [0.5, 0.6) is 0 Å². The van der Waals surface area contributed by atoms with Crippen molar-refractivity contribution in [2.75, 3.05) is 31.6 Å². The van der Waals surface area contributed by atoms with Crippen LogP contribution in [0, 0.1) is 10.1 Å². The molecule has 12 heteroatoms. The lowest BCUT2D eigenvalue weighted by Crippen LogP contribution is -2.41. The Labute approximate surface area is 153 Å². The Kier molecular flexibility index (Phi) is 5.16. The molecule has 0 bridgehead atoms. The lowest BCUT2D eigenvalue weighted by atomic mass is 10.2. The second kappa shape index (κ2) is 7.53. The van der Waals surface area contributed by atoms with Crippen molar-refractivity contribution in [2.24, 2.45) is 7.05 Å². The van der Waals surface area contributed by atoms with E-state index in [0.717, 1.165) is 6.20 Å². The number of nitrogens with zero attached hydrogens (tertiary/aromatic N) is 6. The maximum absolute atomic E-state index is 12.9. The van der Waals surface area contributed by atoms with Gasteiger partial charge in [-0.05, 0) is 6.92 Å². The summed E-state index contributed by atoms with van der Waals surface area (Å²) in [7, 11) is 1.48. The fourth-order valence-corrected chi connectivity index (χ4v) is 2.81. The average molecular weight is 377 g/mol. The van der Waals surface area contributed by atoms with E-state index in [4.69, 9.17) is 4.74 Å². The van der Waals surface area contributed by atoms with E-state index in [0.29, 0.717) is 32.8 Å². The summed E-state index contributed by atoms with van der Waals surface area (Å²) in [4.78, 5) is 37.5. The molecule has 3 heterocycles. The SMILES string of the molecule is CCn1ncc(NC(=O)c2nn(C)cc2[N+](=O)[O-])c1C(=O)N1CCOCC1. The monoisotopic (exact) mass is 377 g/mol. The van der Waals surface area contributed by atoms with Crippen molar-refractivity contribution in [3.63, 3.8) is 0 Å². The second-order valence-corrected chi connectivity index (χ2v) is 5.88. The normalized spacial score (nSPS) is 14.2. The number of rotatable bonds is 5. The van der Waals surface area contributed by atoms with Crippen LogP contribution in [0.2, 0.25) is 0 Å². The molecule has 1 aliphatic rings. The van der Waals surface area contributed by atoms with Crippen LogP contribution in [0.4, 0.5) is 11.4 Å². The number of hydrogen-bond acceptors (Lipinski definition) is 7. The van der Waals surface area contributed by atoms with Crippen molar-refractivity contribution < 1.29 is 19.2 Å². The molecule has 0 unspecified atom stereocenters. The Hall–Kier alpha value is -3.28. The lowest BCUT2D eigenvalue weighted by Gasteiger charge is -2.27. The van der Waals surface area contributed by atoms with Crippen molar-refractivity contribution in [1.82, 2.24) is 24.5 Å². The predicted molar refractivity (Wildman–Crippen MR) is 92.4 cm³/mol. The van der Waals surface area contributed by atoms with Crippen molar-refractivity contribution in [3.8, 4) is 0 Å². The fourth-order valence-electron chi connectivity index (χ4n) is 2.81. The molecule has 144 valence electrons. The minimum absolute atomic E-state index is 0.179. The zero-order chi connectivity index (χ0) is 19.6. The van der Waals surface area contributed by atoms with E-state index in [2.05, 4.69) is 15.5 Å². The van der Waals surface area contributed by atoms with Gasteiger partial charge in [-0.3, -0.25) is 29.1 Å². The van der Waals surface area contributed by atoms with Gasteiger partial charge in [-0.2, -0.15) is 10.2 Å². The third kappa shape index (κ3) is 3.65. The number of anilines is 1. The number of ether oxygens (including phenoxy) is 1. The maximum Gasteiger partial charge on any atom is 0.320 e. The van der Waals surface area contributed by atoms with Crippen molar-refractivity contribution >= 4 is 23.2 Å². The molecule has 1 saturated heterocycles. The quantitative estimate of drug-likeness (QED) is 0.583. The number of nitrogens with one attached hydrogen (secondary N) is 1. The molecule has 27 heavy (non-hydrogen) atoms. The maximum atomic E-state index is 12.9. The van der Waals surface area contributed by atoms with Crippen LogP contribution >= 0.6 is 0 Å². The lowest BCUT2D eigenvalue weighted by molar-refractivity contribution is -0.385.